The molecule has 0 bridgehead atoms. The molecule has 0 radical (unpaired) electrons. The average molecular weight is 279 g/mol. The van der Waals surface area contributed by atoms with Gasteiger partial charge in [0.2, 0.25) is 0 Å². The number of aromatic nitrogens is 4. The third kappa shape index (κ3) is 2.99. The summed E-state index contributed by atoms with van der Waals surface area (Å²) in [6.45, 7) is 0.0479. The molecule has 2 heterocycles. The fourth-order valence-electron chi connectivity index (χ4n) is 1.27. The molecule has 8 nitrogen and oxygen atoms in total. The molecule has 2 aromatic heterocycles. The van der Waals surface area contributed by atoms with E-state index in [9.17, 15) is 4.57 Å². The van der Waals surface area contributed by atoms with Crippen LogP contribution in [0, 0.1) is 0 Å². The summed E-state index contributed by atoms with van der Waals surface area (Å²) in [5.41, 5.74) is 0.921. The van der Waals surface area contributed by atoms with Crippen molar-refractivity contribution < 1.29 is 18.9 Å². The Kier molecular flexibility index (Phi) is 3.41. The second kappa shape index (κ2) is 4.67. The first-order chi connectivity index (χ1) is 7.97. The van der Waals surface area contributed by atoms with E-state index in [2.05, 4.69) is 19.5 Å². The predicted octanol–water partition coefficient (Wildman–Crippen LogP) is 0.589. The van der Waals surface area contributed by atoms with Gasteiger partial charge in [0.25, 0.3) is 0 Å². The molecular weight excluding hydrogens is 271 g/mol. The Morgan fingerprint density at radius 2 is 2.18 bits per heavy atom. The van der Waals surface area contributed by atoms with Gasteiger partial charge in [-0.3, -0.25) is 4.52 Å². The van der Waals surface area contributed by atoms with Crippen LogP contribution in [0.1, 0.15) is 0 Å². The van der Waals surface area contributed by atoms with E-state index in [1.54, 1.807) is 4.57 Å². The number of phosphoric ester groups is 1. The maximum Gasteiger partial charge on any atom is 0.469 e. The SMILES string of the molecule is O=P(O)(O)OCCn1cnc2c(Cl)ncnc21. The zero-order valence-electron chi connectivity index (χ0n) is 8.39. The zero-order chi connectivity index (χ0) is 12.5. The molecule has 0 saturated carbocycles. The molecule has 0 fully saturated rings. The summed E-state index contributed by atoms with van der Waals surface area (Å²) < 4.78 is 16.4. The number of fused-ring (bicyclic) bond motifs is 1. The lowest BCUT2D eigenvalue weighted by atomic mass is 10.5. The van der Waals surface area contributed by atoms with Gasteiger partial charge in [-0.15, -0.1) is 0 Å². The van der Waals surface area contributed by atoms with Crippen LogP contribution in [0.3, 0.4) is 0 Å². The lowest BCUT2D eigenvalue weighted by molar-refractivity contribution is 0.191. The van der Waals surface area contributed by atoms with Gasteiger partial charge in [-0.2, -0.15) is 0 Å². The van der Waals surface area contributed by atoms with Crippen molar-refractivity contribution in [2.45, 2.75) is 6.54 Å². The standard InChI is InChI=1S/C7H8ClN4O4P/c8-6-5-7(10-3-9-6)12(4-11-5)1-2-16-17(13,14)15/h3-4H,1-2H2,(H2,13,14,15). The molecule has 0 amide bonds. The van der Waals surface area contributed by atoms with E-state index >= 15 is 0 Å². The highest BCUT2D eigenvalue weighted by atomic mass is 35.5. The minimum Gasteiger partial charge on any atom is -0.313 e. The van der Waals surface area contributed by atoms with E-state index in [1.165, 1.54) is 12.7 Å². The van der Waals surface area contributed by atoms with Gasteiger partial charge in [-0.05, 0) is 0 Å². The molecule has 17 heavy (non-hydrogen) atoms. The van der Waals surface area contributed by atoms with Crippen LogP contribution in [-0.2, 0) is 15.6 Å². The number of hydrogen-bond acceptors (Lipinski definition) is 5. The van der Waals surface area contributed by atoms with Gasteiger partial charge in [-0.1, -0.05) is 11.6 Å². The molecule has 0 aliphatic carbocycles. The summed E-state index contributed by atoms with van der Waals surface area (Å²) >= 11 is 5.79. The van der Waals surface area contributed by atoms with Gasteiger partial charge >= 0.3 is 7.82 Å². The maximum atomic E-state index is 10.5. The lowest BCUT2D eigenvalue weighted by Crippen LogP contribution is -2.04. The predicted molar refractivity (Wildman–Crippen MR) is 58.3 cm³/mol. The van der Waals surface area contributed by atoms with Crippen molar-refractivity contribution in [2.75, 3.05) is 6.61 Å². The largest absolute Gasteiger partial charge is 0.469 e. The van der Waals surface area contributed by atoms with Crippen LogP contribution in [0.15, 0.2) is 12.7 Å². The first-order valence-electron chi connectivity index (χ1n) is 4.49. The number of rotatable bonds is 4. The molecule has 0 unspecified atom stereocenters. The quantitative estimate of drug-likeness (QED) is 0.622. The van der Waals surface area contributed by atoms with Gasteiger partial charge in [0.1, 0.15) is 11.8 Å². The molecule has 2 aromatic rings. The molecule has 0 atom stereocenters. The van der Waals surface area contributed by atoms with Crippen LogP contribution in [0.25, 0.3) is 11.2 Å². The first-order valence-corrected chi connectivity index (χ1v) is 6.39. The molecule has 0 spiro atoms. The summed E-state index contributed by atoms with van der Waals surface area (Å²) in [5.74, 6) is 0. The van der Waals surface area contributed by atoms with E-state index in [1.807, 2.05) is 0 Å². The Labute approximate surface area is 100 Å². The van der Waals surface area contributed by atoms with E-state index in [0.29, 0.717) is 11.2 Å². The third-order valence-corrected chi connectivity index (χ3v) is 2.74. The van der Waals surface area contributed by atoms with Crippen LogP contribution in [0.5, 0.6) is 0 Å². The highest BCUT2D eigenvalue weighted by Gasteiger charge is 2.14. The van der Waals surface area contributed by atoms with Crippen molar-refractivity contribution in [3.63, 3.8) is 0 Å². The van der Waals surface area contributed by atoms with Gasteiger partial charge in [-0.25, -0.2) is 19.5 Å². The Hall–Kier alpha value is -1.05. The van der Waals surface area contributed by atoms with Gasteiger partial charge < -0.3 is 14.4 Å². The Morgan fingerprint density at radius 3 is 2.88 bits per heavy atom. The van der Waals surface area contributed by atoms with Crippen LogP contribution in [-0.4, -0.2) is 35.9 Å². The molecular formula is C7H8ClN4O4P. The number of hydrogen-bond donors (Lipinski definition) is 2. The fourth-order valence-corrected chi connectivity index (χ4v) is 1.77. The topological polar surface area (TPSA) is 110 Å². The molecule has 0 aliphatic heterocycles. The van der Waals surface area contributed by atoms with E-state index in [-0.39, 0.29) is 18.3 Å². The molecule has 2 rings (SSSR count). The highest BCUT2D eigenvalue weighted by molar-refractivity contribution is 7.46. The maximum absolute atomic E-state index is 10.5. The molecule has 92 valence electrons. The molecule has 0 aromatic carbocycles. The normalized spacial score (nSPS) is 12.2. The second-order valence-electron chi connectivity index (χ2n) is 3.10. The summed E-state index contributed by atoms with van der Waals surface area (Å²) in [7, 11) is -4.45. The van der Waals surface area contributed by atoms with Crippen molar-refractivity contribution in [3.05, 3.63) is 17.8 Å². The Balaban J connectivity index is 2.15. The number of nitrogens with zero attached hydrogens (tertiary/aromatic N) is 4. The number of halogens is 1. The zero-order valence-corrected chi connectivity index (χ0v) is 10.0. The van der Waals surface area contributed by atoms with Crippen molar-refractivity contribution in [2.24, 2.45) is 0 Å². The third-order valence-electron chi connectivity index (χ3n) is 1.95. The van der Waals surface area contributed by atoms with Crippen LogP contribution in [0.2, 0.25) is 5.15 Å². The van der Waals surface area contributed by atoms with Crippen molar-refractivity contribution in [1.82, 2.24) is 19.5 Å². The van der Waals surface area contributed by atoms with Gasteiger partial charge in [0, 0.05) is 6.54 Å². The Bertz CT molecular complexity index is 582. The van der Waals surface area contributed by atoms with Crippen molar-refractivity contribution in [3.8, 4) is 0 Å². The smallest absolute Gasteiger partial charge is 0.313 e. The van der Waals surface area contributed by atoms with Gasteiger partial charge in [0.05, 0.1) is 12.9 Å². The van der Waals surface area contributed by atoms with Crippen LogP contribution in [0.4, 0.5) is 0 Å². The summed E-state index contributed by atoms with van der Waals surface area (Å²) in [4.78, 5) is 28.8. The average Bonchev–Trinajstić information content (AvgIpc) is 2.61. The van der Waals surface area contributed by atoms with E-state index in [4.69, 9.17) is 21.4 Å². The first kappa shape index (κ1) is 12.4. The van der Waals surface area contributed by atoms with E-state index < -0.39 is 7.82 Å². The number of phosphoric acid groups is 1. The Morgan fingerprint density at radius 1 is 1.41 bits per heavy atom. The monoisotopic (exact) mass is 278 g/mol. The van der Waals surface area contributed by atoms with Crippen molar-refractivity contribution in [1.29, 1.82) is 0 Å². The molecule has 10 heteroatoms. The summed E-state index contributed by atoms with van der Waals surface area (Å²) in [6.07, 6.45) is 2.74. The molecule has 2 N–H and O–H groups in total. The lowest BCUT2D eigenvalue weighted by Gasteiger charge is -2.05. The fraction of sp³-hybridized carbons (Fsp3) is 0.286. The summed E-state index contributed by atoms with van der Waals surface area (Å²) in [5, 5.41) is 0.227. The minimum atomic E-state index is -4.45. The molecule has 0 aliphatic rings. The second-order valence-corrected chi connectivity index (χ2v) is 4.70. The number of imidazole rings is 1. The molecule has 0 saturated heterocycles. The van der Waals surface area contributed by atoms with Crippen molar-refractivity contribution >= 4 is 30.6 Å². The van der Waals surface area contributed by atoms with Crippen LogP contribution < -0.4 is 0 Å². The van der Waals surface area contributed by atoms with E-state index in [0.717, 1.165) is 0 Å². The van der Waals surface area contributed by atoms with Gasteiger partial charge in [0.15, 0.2) is 10.8 Å². The summed E-state index contributed by atoms with van der Waals surface area (Å²) in [6, 6.07) is 0. The minimum absolute atomic E-state index is 0.155. The highest BCUT2D eigenvalue weighted by Crippen LogP contribution is 2.35. The van der Waals surface area contributed by atoms with Crippen LogP contribution >= 0.6 is 19.4 Å².